The Balaban J connectivity index is 2.04. The summed E-state index contributed by atoms with van der Waals surface area (Å²) in [5.41, 5.74) is 2.90. The molecular weight excluding hydrogens is 160 g/mol. The SMILES string of the molecule is c1nc(C2CNCCO2)cs1. The van der Waals surface area contributed by atoms with E-state index in [0.717, 1.165) is 25.4 Å². The molecule has 1 aromatic rings. The summed E-state index contributed by atoms with van der Waals surface area (Å²) in [6.07, 6.45) is 0.176. The fraction of sp³-hybridized carbons (Fsp3) is 0.571. The molecule has 1 aromatic heterocycles. The van der Waals surface area contributed by atoms with Crippen molar-refractivity contribution in [2.75, 3.05) is 19.7 Å². The number of nitrogens with one attached hydrogen (secondary N) is 1. The quantitative estimate of drug-likeness (QED) is 0.677. The van der Waals surface area contributed by atoms with Gasteiger partial charge in [-0.2, -0.15) is 0 Å². The van der Waals surface area contributed by atoms with Crippen molar-refractivity contribution in [3.8, 4) is 0 Å². The number of morpholine rings is 1. The van der Waals surface area contributed by atoms with Gasteiger partial charge in [0.1, 0.15) is 6.10 Å². The topological polar surface area (TPSA) is 34.2 Å². The monoisotopic (exact) mass is 170 g/mol. The van der Waals surface area contributed by atoms with Crippen molar-refractivity contribution in [2.45, 2.75) is 6.10 Å². The molecule has 0 bridgehead atoms. The predicted octanol–water partition coefficient (Wildman–Crippen LogP) is 0.804. The minimum absolute atomic E-state index is 0.176. The Kier molecular flexibility index (Phi) is 2.16. The van der Waals surface area contributed by atoms with Crippen LogP contribution < -0.4 is 5.32 Å². The van der Waals surface area contributed by atoms with E-state index in [1.54, 1.807) is 11.3 Å². The second-order valence-electron chi connectivity index (χ2n) is 2.48. The summed E-state index contributed by atoms with van der Waals surface area (Å²) in [7, 11) is 0. The first kappa shape index (κ1) is 7.21. The molecule has 2 heterocycles. The van der Waals surface area contributed by atoms with Crippen LogP contribution in [0.3, 0.4) is 0 Å². The van der Waals surface area contributed by atoms with Crippen LogP contribution in [0.15, 0.2) is 10.9 Å². The summed E-state index contributed by atoms with van der Waals surface area (Å²) in [5.74, 6) is 0. The number of thiazole rings is 1. The Morgan fingerprint density at radius 2 is 2.73 bits per heavy atom. The lowest BCUT2D eigenvalue weighted by atomic mass is 10.2. The summed E-state index contributed by atoms with van der Waals surface area (Å²) < 4.78 is 5.50. The molecule has 0 saturated carbocycles. The van der Waals surface area contributed by atoms with Gasteiger partial charge in [-0.15, -0.1) is 11.3 Å². The summed E-state index contributed by atoms with van der Waals surface area (Å²) in [6, 6.07) is 0. The smallest absolute Gasteiger partial charge is 0.113 e. The molecule has 0 aliphatic carbocycles. The minimum Gasteiger partial charge on any atom is -0.369 e. The Morgan fingerprint density at radius 3 is 3.36 bits per heavy atom. The van der Waals surface area contributed by atoms with E-state index in [9.17, 15) is 0 Å². The van der Waals surface area contributed by atoms with Crippen molar-refractivity contribution in [2.24, 2.45) is 0 Å². The maximum absolute atomic E-state index is 5.50. The maximum atomic E-state index is 5.50. The third kappa shape index (κ3) is 1.58. The number of ether oxygens (including phenoxy) is 1. The predicted molar refractivity (Wildman–Crippen MR) is 43.7 cm³/mol. The van der Waals surface area contributed by atoms with Gasteiger partial charge in [-0.25, -0.2) is 4.98 Å². The Hall–Kier alpha value is -0.450. The van der Waals surface area contributed by atoms with Gasteiger partial charge < -0.3 is 10.1 Å². The van der Waals surface area contributed by atoms with Crippen LogP contribution in [0, 0.1) is 0 Å². The molecule has 1 unspecified atom stereocenters. The van der Waals surface area contributed by atoms with Gasteiger partial charge in [0.15, 0.2) is 0 Å². The zero-order valence-corrected chi connectivity index (χ0v) is 6.93. The van der Waals surface area contributed by atoms with Crippen molar-refractivity contribution in [3.63, 3.8) is 0 Å². The molecule has 1 N–H and O–H groups in total. The van der Waals surface area contributed by atoms with Gasteiger partial charge in [0.25, 0.3) is 0 Å². The summed E-state index contributed by atoms with van der Waals surface area (Å²) in [6.45, 7) is 2.65. The number of hydrogen-bond acceptors (Lipinski definition) is 4. The number of aromatic nitrogens is 1. The lowest BCUT2D eigenvalue weighted by Gasteiger charge is -2.21. The van der Waals surface area contributed by atoms with Gasteiger partial charge in [-0.05, 0) is 0 Å². The highest BCUT2D eigenvalue weighted by molar-refractivity contribution is 7.07. The first-order valence-electron chi connectivity index (χ1n) is 3.67. The highest BCUT2D eigenvalue weighted by Crippen LogP contribution is 2.17. The average Bonchev–Trinajstić information content (AvgIpc) is 2.58. The van der Waals surface area contributed by atoms with Crippen LogP contribution in [0.1, 0.15) is 11.8 Å². The van der Waals surface area contributed by atoms with E-state index in [1.807, 2.05) is 10.9 Å². The maximum Gasteiger partial charge on any atom is 0.113 e. The summed E-state index contributed by atoms with van der Waals surface area (Å²) in [5, 5.41) is 5.30. The van der Waals surface area contributed by atoms with Crippen LogP contribution in [0.2, 0.25) is 0 Å². The number of hydrogen-bond donors (Lipinski definition) is 1. The Labute approximate surface area is 69.4 Å². The molecule has 0 aromatic carbocycles. The fourth-order valence-electron chi connectivity index (χ4n) is 1.14. The summed E-state index contributed by atoms with van der Waals surface area (Å²) in [4.78, 5) is 4.19. The number of nitrogens with zero attached hydrogens (tertiary/aromatic N) is 1. The lowest BCUT2D eigenvalue weighted by Crippen LogP contribution is -2.33. The zero-order valence-electron chi connectivity index (χ0n) is 6.12. The van der Waals surface area contributed by atoms with E-state index >= 15 is 0 Å². The van der Waals surface area contributed by atoms with Crippen LogP contribution in [-0.2, 0) is 4.74 Å². The molecule has 0 spiro atoms. The van der Waals surface area contributed by atoms with Crippen LogP contribution >= 0.6 is 11.3 Å². The van der Waals surface area contributed by atoms with Crippen LogP contribution in [0.4, 0.5) is 0 Å². The first-order chi connectivity index (χ1) is 5.47. The largest absolute Gasteiger partial charge is 0.369 e. The van der Waals surface area contributed by atoms with Gasteiger partial charge in [0.05, 0.1) is 17.8 Å². The molecule has 1 fully saturated rings. The molecule has 0 radical (unpaired) electrons. The average molecular weight is 170 g/mol. The Bertz CT molecular complexity index is 206. The molecule has 1 atom stereocenters. The first-order valence-corrected chi connectivity index (χ1v) is 4.61. The molecule has 3 nitrogen and oxygen atoms in total. The molecule has 1 aliphatic rings. The van der Waals surface area contributed by atoms with Crippen LogP contribution in [0.25, 0.3) is 0 Å². The van der Waals surface area contributed by atoms with E-state index in [1.165, 1.54) is 0 Å². The zero-order chi connectivity index (χ0) is 7.52. The second-order valence-corrected chi connectivity index (χ2v) is 3.20. The number of rotatable bonds is 1. The van der Waals surface area contributed by atoms with Gasteiger partial charge >= 0.3 is 0 Å². The van der Waals surface area contributed by atoms with Gasteiger partial charge in [0.2, 0.25) is 0 Å². The molecular formula is C7H10N2OS. The molecule has 2 rings (SSSR count). The highest BCUT2D eigenvalue weighted by atomic mass is 32.1. The van der Waals surface area contributed by atoms with Gasteiger partial charge in [-0.1, -0.05) is 0 Å². The third-order valence-corrected chi connectivity index (χ3v) is 2.31. The van der Waals surface area contributed by atoms with E-state index in [2.05, 4.69) is 10.3 Å². The van der Waals surface area contributed by atoms with E-state index in [4.69, 9.17) is 4.74 Å². The highest BCUT2D eigenvalue weighted by Gasteiger charge is 2.16. The van der Waals surface area contributed by atoms with E-state index in [0.29, 0.717) is 0 Å². The molecule has 1 saturated heterocycles. The fourth-order valence-corrected chi connectivity index (χ4v) is 1.73. The third-order valence-electron chi connectivity index (χ3n) is 1.71. The van der Waals surface area contributed by atoms with E-state index in [-0.39, 0.29) is 6.10 Å². The van der Waals surface area contributed by atoms with Crippen LogP contribution in [0.5, 0.6) is 0 Å². The second kappa shape index (κ2) is 3.30. The molecule has 11 heavy (non-hydrogen) atoms. The van der Waals surface area contributed by atoms with Crippen molar-refractivity contribution in [1.29, 1.82) is 0 Å². The van der Waals surface area contributed by atoms with Crippen molar-refractivity contribution in [1.82, 2.24) is 10.3 Å². The minimum atomic E-state index is 0.176. The van der Waals surface area contributed by atoms with Crippen molar-refractivity contribution >= 4 is 11.3 Å². The molecule has 4 heteroatoms. The van der Waals surface area contributed by atoms with Crippen molar-refractivity contribution < 1.29 is 4.74 Å². The molecule has 0 amide bonds. The molecule has 1 aliphatic heterocycles. The molecule has 60 valence electrons. The van der Waals surface area contributed by atoms with Crippen molar-refractivity contribution in [3.05, 3.63) is 16.6 Å². The summed E-state index contributed by atoms with van der Waals surface area (Å²) >= 11 is 1.61. The Morgan fingerprint density at radius 1 is 1.73 bits per heavy atom. The lowest BCUT2D eigenvalue weighted by molar-refractivity contribution is 0.0254. The van der Waals surface area contributed by atoms with Crippen LogP contribution in [-0.4, -0.2) is 24.7 Å². The van der Waals surface area contributed by atoms with Gasteiger partial charge in [-0.3, -0.25) is 0 Å². The normalized spacial score (nSPS) is 25.3. The van der Waals surface area contributed by atoms with E-state index < -0.39 is 0 Å². The standard InChI is InChI=1S/C7H10N2OS/c1-2-10-7(3-8-1)6-4-11-5-9-6/h4-5,7-8H,1-3H2. The van der Waals surface area contributed by atoms with Gasteiger partial charge in [0, 0.05) is 18.5 Å².